The summed E-state index contributed by atoms with van der Waals surface area (Å²) in [7, 11) is 0. The van der Waals surface area contributed by atoms with E-state index >= 15 is 0 Å². The lowest BCUT2D eigenvalue weighted by atomic mass is 10.1. The molecule has 0 fully saturated rings. The van der Waals surface area contributed by atoms with Crippen LogP contribution in [0.4, 0.5) is 0 Å². The van der Waals surface area contributed by atoms with Crippen molar-refractivity contribution in [3.8, 4) is 0 Å². The topological polar surface area (TPSA) is 40.1 Å². The van der Waals surface area contributed by atoms with Crippen LogP contribution in [0.1, 0.15) is 12.5 Å². The molecule has 0 atom stereocenters. The predicted octanol–water partition coefficient (Wildman–Crippen LogP) is 2.55. The average molecular weight is 237 g/mol. The molecule has 18 heavy (non-hydrogen) atoms. The first kappa shape index (κ1) is 12.1. The fourth-order valence-corrected chi connectivity index (χ4v) is 1.77. The van der Waals surface area contributed by atoms with Crippen molar-refractivity contribution in [2.75, 3.05) is 0 Å². The van der Waals surface area contributed by atoms with E-state index in [2.05, 4.69) is 18.2 Å². The van der Waals surface area contributed by atoms with Crippen LogP contribution in [0.25, 0.3) is 16.8 Å². The Morgan fingerprint density at radius 2 is 1.83 bits per heavy atom. The highest BCUT2D eigenvalue weighted by Gasteiger charge is 1.92. The molecule has 0 saturated carbocycles. The average Bonchev–Trinajstić information content (AvgIpc) is 2.35. The van der Waals surface area contributed by atoms with Gasteiger partial charge in [-0.3, -0.25) is 0 Å². The molecule has 2 nitrogen and oxygen atoms in total. The molecule has 0 bridgehead atoms. The van der Waals surface area contributed by atoms with E-state index in [-0.39, 0.29) is 0 Å². The predicted molar refractivity (Wildman–Crippen MR) is 71.7 cm³/mol. The molecule has 0 spiro atoms. The van der Waals surface area contributed by atoms with E-state index < -0.39 is 5.97 Å². The number of benzene rings is 2. The van der Waals surface area contributed by atoms with Crippen molar-refractivity contribution in [2.24, 2.45) is 0 Å². The Kier molecular flexibility index (Phi) is 3.58. The minimum Gasteiger partial charge on any atom is -0.545 e. The second-order valence-corrected chi connectivity index (χ2v) is 4.15. The van der Waals surface area contributed by atoms with Gasteiger partial charge in [0.25, 0.3) is 0 Å². The van der Waals surface area contributed by atoms with Gasteiger partial charge in [-0.1, -0.05) is 48.6 Å². The lowest BCUT2D eigenvalue weighted by molar-refractivity contribution is -0.297. The van der Waals surface area contributed by atoms with E-state index in [1.165, 1.54) is 10.8 Å². The molecule has 0 heterocycles. The number of carboxylic acid groups (broad SMARTS) is 1. The Morgan fingerprint density at radius 1 is 1.11 bits per heavy atom. The molecule has 0 radical (unpaired) electrons. The Balaban J connectivity index is 2.27. The lowest BCUT2D eigenvalue weighted by Gasteiger charge is -1.99. The zero-order chi connectivity index (χ0) is 13.0. The van der Waals surface area contributed by atoms with Gasteiger partial charge in [-0.25, -0.2) is 0 Å². The number of carbonyl (C=O) groups excluding carboxylic acids is 1. The third kappa shape index (κ3) is 3.08. The van der Waals surface area contributed by atoms with Crippen molar-refractivity contribution in [2.45, 2.75) is 6.92 Å². The highest BCUT2D eigenvalue weighted by molar-refractivity contribution is 5.85. The minimum atomic E-state index is -1.17. The Hall–Kier alpha value is -2.35. The molecule has 0 aliphatic carbocycles. The van der Waals surface area contributed by atoms with E-state index in [1.807, 2.05) is 30.3 Å². The number of allylic oxidation sites excluding steroid dienone is 2. The van der Waals surface area contributed by atoms with Crippen LogP contribution in [0.15, 0.2) is 60.2 Å². The van der Waals surface area contributed by atoms with Crippen LogP contribution in [-0.2, 0) is 4.79 Å². The van der Waals surface area contributed by atoms with Gasteiger partial charge >= 0.3 is 0 Å². The van der Waals surface area contributed by atoms with Gasteiger partial charge in [0, 0.05) is 0 Å². The van der Waals surface area contributed by atoms with Gasteiger partial charge in [-0.2, -0.15) is 0 Å². The number of carboxylic acids is 1. The lowest BCUT2D eigenvalue weighted by Crippen LogP contribution is -2.19. The van der Waals surface area contributed by atoms with E-state index in [0.29, 0.717) is 5.57 Å². The molecule has 0 unspecified atom stereocenters. The number of carbonyl (C=O) groups is 1. The highest BCUT2D eigenvalue weighted by atomic mass is 16.4. The summed E-state index contributed by atoms with van der Waals surface area (Å²) in [6.07, 6.45) is 4.73. The van der Waals surface area contributed by atoms with Crippen molar-refractivity contribution in [1.82, 2.24) is 0 Å². The van der Waals surface area contributed by atoms with Gasteiger partial charge in [-0.15, -0.1) is 0 Å². The van der Waals surface area contributed by atoms with E-state index in [0.717, 1.165) is 11.6 Å². The molecule has 2 heteroatoms. The third-order valence-electron chi connectivity index (χ3n) is 2.66. The first-order chi connectivity index (χ1) is 8.65. The SMILES string of the molecule is CC(/C=C/c1ccc2ccccc2c1)=C\C(=O)[O-]. The zero-order valence-electron chi connectivity index (χ0n) is 10.1. The molecular formula is C16H13O2-. The molecule has 2 rings (SSSR count). The van der Waals surface area contributed by atoms with Crippen LogP contribution < -0.4 is 5.11 Å². The third-order valence-corrected chi connectivity index (χ3v) is 2.66. The maximum absolute atomic E-state index is 10.4. The van der Waals surface area contributed by atoms with Gasteiger partial charge < -0.3 is 9.90 Å². The summed E-state index contributed by atoms with van der Waals surface area (Å²) in [6, 6.07) is 14.2. The first-order valence-corrected chi connectivity index (χ1v) is 5.71. The quantitative estimate of drug-likeness (QED) is 0.608. The van der Waals surface area contributed by atoms with Crippen LogP contribution in [0, 0.1) is 0 Å². The summed E-state index contributed by atoms with van der Waals surface area (Å²) >= 11 is 0. The van der Waals surface area contributed by atoms with Crippen LogP contribution in [0.2, 0.25) is 0 Å². The number of hydrogen-bond donors (Lipinski definition) is 0. The zero-order valence-corrected chi connectivity index (χ0v) is 10.1. The molecule has 0 N–H and O–H groups in total. The summed E-state index contributed by atoms with van der Waals surface area (Å²) in [6.45, 7) is 1.73. The van der Waals surface area contributed by atoms with E-state index in [4.69, 9.17) is 0 Å². The van der Waals surface area contributed by atoms with Gasteiger partial charge in [0.2, 0.25) is 0 Å². The van der Waals surface area contributed by atoms with E-state index in [9.17, 15) is 9.90 Å². The highest BCUT2D eigenvalue weighted by Crippen LogP contribution is 2.16. The van der Waals surface area contributed by atoms with Gasteiger partial charge in [-0.05, 0) is 41.0 Å². The van der Waals surface area contributed by atoms with Crippen molar-refractivity contribution in [3.05, 3.63) is 65.8 Å². The molecular weight excluding hydrogens is 224 g/mol. The van der Waals surface area contributed by atoms with Gasteiger partial charge in [0.05, 0.1) is 5.97 Å². The molecule has 0 amide bonds. The minimum absolute atomic E-state index is 0.656. The number of rotatable bonds is 3. The normalized spacial score (nSPS) is 12.2. The standard InChI is InChI=1S/C16H14O2/c1-12(10-16(17)18)6-7-13-8-9-14-4-2-3-5-15(14)11-13/h2-11H,1H3,(H,17,18)/p-1/b7-6+,12-10+. The maximum atomic E-state index is 10.4. The Labute approximate surface area is 106 Å². The Bertz CT molecular complexity index is 636. The van der Waals surface area contributed by atoms with Crippen molar-refractivity contribution in [3.63, 3.8) is 0 Å². The van der Waals surface area contributed by atoms with Crippen molar-refractivity contribution < 1.29 is 9.90 Å². The largest absolute Gasteiger partial charge is 0.545 e. The van der Waals surface area contributed by atoms with Crippen LogP contribution >= 0.6 is 0 Å². The van der Waals surface area contributed by atoms with Crippen molar-refractivity contribution in [1.29, 1.82) is 0 Å². The maximum Gasteiger partial charge on any atom is 0.0645 e. The first-order valence-electron chi connectivity index (χ1n) is 5.71. The van der Waals surface area contributed by atoms with Crippen LogP contribution in [-0.4, -0.2) is 5.97 Å². The van der Waals surface area contributed by atoms with Crippen LogP contribution in [0.3, 0.4) is 0 Å². The monoisotopic (exact) mass is 237 g/mol. The van der Waals surface area contributed by atoms with Gasteiger partial charge in [0.15, 0.2) is 0 Å². The van der Waals surface area contributed by atoms with Crippen molar-refractivity contribution >= 4 is 22.8 Å². The molecule has 0 aromatic heterocycles. The number of hydrogen-bond acceptors (Lipinski definition) is 2. The molecule has 90 valence electrons. The molecule has 2 aromatic rings. The summed E-state index contributed by atoms with van der Waals surface area (Å²) in [5, 5.41) is 12.7. The smallest absolute Gasteiger partial charge is 0.0645 e. The molecule has 0 aliphatic heterocycles. The summed E-state index contributed by atoms with van der Waals surface area (Å²) in [5.41, 5.74) is 1.70. The summed E-state index contributed by atoms with van der Waals surface area (Å²) in [5.74, 6) is -1.17. The summed E-state index contributed by atoms with van der Waals surface area (Å²) in [4.78, 5) is 10.4. The number of aliphatic carboxylic acids is 1. The van der Waals surface area contributed by atoms with E-state index in [1.54, 1.807) is 13.0 Å². The Morgan fingerprint density at radius 3 is 2.56 bits per heavy atom. The molecule has 2 aromatic carbocycles. The van der Waals surface area contributed by atoms with Crippen LogP contribution in [0.5, 0.6) is 0 Å². The molecule has 0 aliphatic rings. The second kappa shape index (κ2) is 5.32. The molecule has 0 saturated heterocycles. The second-order valence-electron chi connectivity index (χ2n) is 4.15. The fourth-order valence-electron chi connectivity index (χ4n) is 1.77. The van der Waals surface area contributed by atoms with Gasteiger partial charge in [0.1, 0.15) is 0 Å². The fraction of sp³-hybridized carbons (Fsp3) is 0.0625. The number of fused-ring (bicyclic) bond motifs is 1. The summed E-state index contributed by atoms with van der Waals surface area (Å²) < 4.78 is 0.